The molecule has 1 atom stereocenters. The van der Waals surface area contributed by atoms with E-state index in [1.807, 2.05) is 0 Å². The number of carbonyl (C=O) groups excluding carboxylic acids is 1. The van der Waals surface area contributed by atoms with Crippen LogP contribution in [0.25, 0.3) is 11.0 Å². The van der Waals surface area contributed by atoms with Crippen molar-refractivity contribution in [2.24, 2.45) is 25.1 Å². The van der Waals surface area contributed by atoms with Gasteiger partial charge in [0.15, 0.2) is 5.65 Å². The summed E-state index contributed by atoms with van der Waals surface area (Å²) < 4.78 is 2.17. The van der Waals surface area contributed by atoms with Gasteiger partial charge in [-0.05, 0) is 31.2 Å². The Hall–Kier alpha value is -3.23. The minimum Gasteiger partial charge on any atom is -0.383 e. The third-order valence-corrected chi connectivity index (χ3v) is 4.46. The molecule has 2 aromatic rings. The Bertz CT molecular complexity index is 1050. The third kappa shape index (κ3) is 3.15. The number of nitrogens with zero attached hydrogens (tertiary/aromatic N) is 4. The number of aryl methyl sites for hydroxylation is 1. The molecule has 1 aliphatic rings. The molecule has 9 heteroatoms. The van der Waals surface area contributed by atoms with Crippen LogP contribution in [0.2, 0.25) is 0 Å². The van der Waals surface area contributed by atoms with Crippen LogP contribution in [0.15, 0.2) is 32.9 Å². The van der Waals surface area contributed by atoms with Crippen molar-refractivity contribution in [3.8, 4) is 0 Å². The summed E-state index contributed by atoms with van der Waals surface area (Å²) >= 11 is 0. The average molecular weight is 356 g/mol. The summed E-state index contributed by atoms with van der Waals surface area (Å²) in [6, 6.07) is 1.34. The predicted molar refractivity (Wildman–Crippen MR) is 99.1 cm³/mol. The van der Waals surface area contributed by atoms with Gasteiger partial charge in [-0.3, -0.25) is 18.7 Å². The molecule has 0 aliphatic heterocycles. The number of carbonyl (C=O) groups is 1. The Kier molecular flexibility index (Phi) is 4.70. The molecule has 3 rings (SSSR count). The van der Waals surface area contributed by atoms with Gasteiger partial charge in [-0.25, -0.2) is 15.2 Å². The van der Waals surface area contributed by atoms with E-state index in [9.17, 15) is 14.4 Å². The van der Waals surface area contributed by atoms with Crippen molar-refractivity contribution >= 4 is 29.0 Å². The predicted octanol–water partition coefficient (Wildman–Crippen LogP) is 0.286. The molecule has 2 aromatic heterocycles. The fourth-order valence-electron chi connectivity index (χ4n) is 2.91. The van der Waals surface area contributed by atoms with Crippen LogP contribution in [-0.4, -0.2) is 26.2 Å². The smallest absolute Gasteiger partial charge is 0.332 e. The summed E-state index contributed by atoms with van der Waals surface area (Å²) in [5.74, 6) is -0.348. The maximum absolute atomic E-state index is 12.4. The Morgan fingerprint density at radius 2 is 2.12 bits per heavy atom. The van der Waals surface area contributed by atoms with E-state index in [0.717, 1.165) is 23.8 Å². The standard InChI is InChI=1S/C17H20N6O3/c1-22-14-12(16(25)23(2)17(22)26)8-11(13(18)20-14)15(24)21-19-9-10-6-4-3-5-7-10/h3-4,8-10H,5-7H2,1-2H3,(H2,18,20)(H,21,24)/b19-9+/t10-/m1/s1. The fourth-order valence-corrected chi connectivity index (χ4v) is 2.91. The Morgan fingerprint density at radius 1 is 1.35 bits per heavy atom. The number of hydrogen-bond acceptors (Lipinski definition) is 6. The van der Waals surface area contributed by atoms with Gasteiger partial charge < -0.3 is 5.73 Å². The minimum absolute atomic E-state index is 0.0361. The van der Waals surface area contributed by atoms with E-state index in [2.05, 4.69) is 27.7 Å². The molecule has 0 fully saturated rings. The van der Waals surface area contributed by atoms with Gasteiger partial charge in [0.1, 0.15) is 5.82 Å². The maximum Gasteiger partial charge on any atom is 0.332 e. The van der Waals surface area contributed by atoms with Gasteiger partial charge in [0.2, 0.25) is 0 Å². The number of fused-ring (bicyclic) bond motifs is 1. The van der Waals surface area contributed by atoms with E-state index in [1.54, 1.807) is 6.21 Å². The number of nitrogens with two attached hydrogens (primary N) is 1. The number of anilines is 1. The topological polar surface area (TPSA) is 124 Å². The number of amides is 1. The van der Waals surface area contributed by atoms with Crippen molar-refractivity contribution in [2.45, 2.75) is 19.3 Å². The summed E-state index contributed by atoms with van der Waals surface area (Å²) in [4.78, 5) is 40.7. The molecule has 0 saturated carbocycles. The molecule has 0 aromatic carbocycles. The number of nitrogen functional groups attached to an aromatic ring is 1. The van der Waals surface area contributed by atoms with Gasteiger partial charge in [0, 0.05) is 20.3 Å². The second kappa shape index (κ2) is 6.95. The lowest BCUT2D eigenvalue weighted by atomic mass is 9.96. The zero-order chi connectivity index (χ0) is 18.8. The highest BCUT2D eigenvalue weighted by molar-refractivity contribution is 6.01. The monoisotopic (exact) mass is 356 g/mol. The van der Waals surface area contributed by atoms with Gasteiger partial charge in [-0.2, -0.15) is 5.10 Å². The lowest BCUT2D eigenvalue weighted by Crippen LogP contribution is -2.37. The van der Waals surface area contributed by atoms with Crippen molar-refractivity contribution in [1.82, 2.24) is 19.5 Å². The molecule has 9 nitrogen and oxygen atoms in total. The Balaban J connectivity index is 1.92. The summed E-state index contributed by atoms with van der Waals surface area (Å²) in [6.45, 7) is 0. The van der Waals surface area contributed by atoms with Crippen molar-refractivity contribution in [3.63, 3.8) is 0 Å². The quantitative estimate of drug-likeness (QED) is 0.464. The molecular formula is C17H20N6O3. The molecule has 2 heterocycles. The molecule has 1 aliphatic carbocycles. The first-order chi connectivity index (χ1) is 12.4. The van der Waals surface area contributed by atoms with Crippen LogP contribution in [0.4, 0.5) is 5.82 Å². The fraction of sp³-hybridized carbons (Fsp3) is 0.353. The molecular weight excluding hydrogens is 336 g/mol. The van der Waals surface area contributed by atoms with Crippen LogP contribution in [0, 0.1) is 5.92 Å². The molecule has 3 N–H and O–H groups in total. The zero-order valence-corrected chi connectivity index (χ0v) is 14.6. The van der Waals surface area contributed by atoms with Gasteiger partial charge in [0.05, 0.1) is 10.9 Å². The number of allylic oxidation sites excluding steroid dienone is 2. The van der Waals surface area contributed by atoms with E-state index in [0.29, 0.717) is 0 Å². The number of hydrazone groups is 1. The summed E-state index contributed by atoms with van der Waals surface area (Å²) in [5, 5.41) is 4.12. The van der Waals surface area contributed by atoms with Gasteiger partial charge in [-0.15, -0.1) is 0 Å². The first-order valence-electron chi connectivity index (χ1n) is 8.25. The summed E-state index contributed by atoms with van der Waals surface area (Å²) in [7, 11) is 2.85. The molecule has 0 bridgehead atoms. The highest BCUT2D eigenvalue weighted by Gasteiger charge is 2.17. The van der Waals surface area contributed by atoms with E-state index in [4.69, 9.17) is 5.73 Å². The summed E-state index contributed by atoms with van der Waals surface area (Å²) in [6.07, 6.45) is 8.79. The first-order valence-corrected chi connectivity index (χ1v) is 8.25. The van der Waals surface area contributed by atoms with Gasteiger partial charge >= 0.3 is 5.69 Å². The van der Waals surface area contributed by atoms with Crippen molar-refractivity contribution in [3.05, 3.63) is 44.6 Å². The van der Waals surface area contributed by atoms with Crippen LogP contribution in [0.1, 0.15) is 29.6 Å². The number of hydrogen-bond donors (Lipinski definition) is 2. The van der Waals surface area contributed by atoms with Crippen LogP contribution in [-0.2, 0) is 14.1 Å². The van der Waals surface area contributed by atoms with E-state index in [-0.39, 0.29) is 28.3 Å². The van der Waals surface area contributed by atoms with E-state index in [1.165, 1.54) is 24.7 Å². The number of nitrogens with one attached hydrogen (secondary N) is 1. The SMILES string of the molecule is Cn1c(=O)c2cc(C(=O)N/N=C/[C@@H]3CC=CCC3)c(N)nc2n(C)c1=O. The average Bonchev–Trinajstić information content (AvgIpc) is 2.65. The molecule has 136 valence electrons. The van der Waals surface area contributed by atoms with Crippen molar-refractivity contribution < 1.29 is 4.79 Å². The largest absolute Gasteiger partial charge is 0.383 e. The molecule has 0 unspecified atom stereocenters. The first kappa shape index (κ1) is 17.6. The molecule has 0 radical (unpaired) electrons. The third-order valence-electron chi connectivity index (χ3n) is 4.46. The van der Waals surface area contributed by atoms with E-state index >= 15 is 0 Å². The van der Waals surface area contributed by atoms with Crippen LogP contribution in [0.3, 0.4) is 0 Å². The highest BCUT2D eigenvalue weighted by atomic mass is 16.2. The van der Waals surface area contributed by atoms with Crippen molar-refractivity contribution in [1.29, 1.82) is 0 Å². The molecule has 26 heavy (non-hydrogen) atoms. The van der Waals surface area contributed by atoms with Crippen molar-refractivity contribution in [2.75, 3.05) is 5.73 Å². The van der Waals surface area contributed by atoms with Crippen LogP contribution >= 0.6 is 0 Å². The molecule has 0 spiro atoms. The molecule has 0 saturated heterocycles. The maximum atomic E-state index is 12.4. The second-order valence-electron chi connectivity index (χ2n) is 6.26. The number of pyridine rings is 1. The number of rotatable bonds is 3. The lowest BCUT2D eigenvalue weighted by molar-refractivity contribution is 0.0955. The summed E-state index contributed by atoms with van der Waals surface area (Å²) in [5.41, 5.74) is 7.38. The van der Waals surface area contributed by atoms with Crippen LogP contribution < -0.4 is 22.4 Å². The minimum atomic E-state index is -0.560. The normalized spacial score (nSPS) is 17.1. The lowest BCUT2D eigenvalue weighted by Gasteiger charge is -2.12. The Morgan fingerprint density at radius 3 is 2.81 bits per heavy atom. The zero-order valence-electron chi connectivity index (χ0n) is 14.6. The van der Waals surface area contributed by atoms with Gasteiger partial charge in [-0.1, -0.05) is 12.2 Å². The van der Waals surface area contributed by atoms with E-state index < -0.39 is 17.2 Å². The van der Waals surface area contributed by atoms with Gasteiger partial charge in [0.25, 0.3) is 11.5 Å². The number of aromatic nitrogens is 3. The Labute approximate surface area is 148 Å². The highest BCUT2D eigenvalue weighted by Crippen LogP contribution is 2.16. The second-order valence-corrected chi connectivity index (χ2v) is 6.26. The van der Waals surface area contributed by atoms with Crippen LogP contribution in [0.5, 0.6) is 0 Å². The molecule has 1 amide bonds.